The van der Waals surface area contributed by atoms with Gasteiger partial charge < -0.3 is 24.3 Å². The van der Waals surface area contributed by atoms with Crippen LogP contribution in [0.25, 0.3) is 0 Å². The number of carbonyl (C=O) groups excluding carboxylic acids is 3. The van der Waals surface area contributed by atoms with E-state index in [1.54, 1.807) is 36.4 Å². The zero-order valence-electron chi connectivity index (χ0n) is 17.3. The van der Waals surface area contributed by atoms with Crippen molar-refractivity contribution in [3.63, 3.8) is 0 Å². The quantitative estimate of drug-likeness (QED) is 0.435. The fourth-order valence-corrected chi connectivity index (χ4v) is 2.84. The summed E-state index contributed by atoms with van der Waals surface area (Å²) in [6.07, 6.45) is 0.814. The van der Waals surface area contributed by atoms with Gasteiger partial charge in [-0.1, -0.05) is 13.0 Å². The monoisotopic (exact) mass is 427 g/mol. The van der Waals surface area contributed by atoms with Gasteiger partial charge in [-0.15, -0.1) is 0 Å². The van der Waals surface area contributed by atoms with Gasteiger partial charge in [-0.2, -0.15) is 0 Å². The first-order valence-electron chi connectivity index (χ1n) is 10.1. The number of esters is 1. The number of hydrogen-bond donors (Lipinski definition) is 1. The fraction of sp³-hybridized carbons (Fsp3) is 0.348. The van der Waals surface area contributed by atoms with Crippen molar-refractivity contribution in [1.29, 1.82) is 0 Å². The Morgan fingerprint density at radius 1 is 1.00 bits per heavy atom. The minimum atomic E-state index is -0.602. The third-order valence-corrected chi connectivity index (χ3v) is 4.50. The van der Waals surface area contributed by atoms with Gasteiger partial charge in [0.1, 0.15) is 5.75 Å². The average molecular weight is 427 g/mol. The molecule has 1 aliphatic heterocycles. The molecule has 1 heterocycles. The minimum Gasteiger partial charge on any atom is -0.494 e. The molecular weight excluding hydrogens is 402 g/mol. The number of fused-ring (bicyclic) bond motifs is 1. The van der Waals surface area contributed by atoms with Crippen LogP contribution in [0.3, 0.4) is 0 Å². The Balaban J connectivity index is 1.33. The molecule has 0 spiro atoms. The summed E-state index contributed by atoms with van der Waals surface area (Å²) >= 11 is 0. The van der Waals surface area contributed by atoms with Gasteiger partial charge in [-0.05, 0) is 48.4 Å². The molecule has 0 fully saturated rings. The molecule has 0 bridgehead atoms. The zero-order valence-corrected chi connectivity index (χ0v) is 17.3. The van der Waals surface area contributed by atoms with Crippen LogP contribution >= 0.6 is 0 Å². The van der Waals surface area contributed by atoms with Crippen molar-refractivity contribution in [3.05, 3.63) is 53.6 Å². The van der Waals surface area contributed by atoms with E-state index in [2.05, 4.69) is 5.32 Å². The van der Waals surface area contributed by atoms with Crippen LogP contribution in [-0.2, 0) is 20.9 Å². The maximum absolute atomic E-state index is 12.2. The molecule has 0 saturated heterocycles. The van der Waals surface area contributed by atoms with Gasteiger partial charge in [-0.25, -0.2) is 0 Å². The first-order valence-corrected chi connectivity index (χ1v) is 10.1. The van der Waals surface area contributed by atoms with Crippen molar-refractivity contribution in [2.24, 2.45) is 0 Å². The number of ketones is 1. The van der Waals surface area contributed by atoms with Crippen molar-refractivity contribution in [3.8, 4) is 17.2 Å². The van der Waals surface area contributed by atoms with Crippen molar-refractivity contribution >= 4 is 17.7 Å². The first-order chi connectivity index (χ1) is 15.0. The van der Waals surface area contributed by atoms with Crippen molar-refractivity contribution in [1.82, 2.24) is 5.32 Å². The molecular formula is C23H25NO7. The van der Waals surface area contributed by atoms with E-state index in [4.69, 9.17) is 18.9 Å². The molecule has 8 nitrogen and oxygen atoms in total. The summed E-state index contributed by atoms with van der Waals surface area (Å²) < 4.78 is 20.9. The summed E-state index contributed by atoms with van der Waals surface area (Å²) in [6, 6.07) is 12.2. The predicted octanol–water partition coefficient (Wildman–Crippen LogP) is 3.03. The average Bonchev–Trinajstić information content (AvgIpc) is 3.26. The Labute approximate surface area is 180 Å². The number of rotatable bonds is 11. The highest BCUT2D eigenvalue weighted by Crippen LogP contribution is 2.32. The first kappa shape index (κ1) is 22.1. The van der Waals surface area contributed by atoms with E-state index < -0.39 is 18.5 Å². The SMILES string of the molecule is CCCOc1ccc(C(=O)CCC(=O)OCC(=O)NCc2ccc3c(c2)OCO3)cc1. The van der Waals surface area contributed by atoms with E-state index in [1.165, 1.54) is 0 Å². The highest BCUT2D eigenvalue weighted by atomic mass is 16.7. The van der Waals surface area contributed by atoms with E-state index in [0.29, 0.717) is 29.4 Å². The number of Topliss-reactive ketones (excluding diaryl/α,β-unsaturated/α-hetero) is 1. The summed E-state index contributed by atoms with van der Waals surface area (Å²) in [6.45, 7) is 2.68. The number of nitrogens with one attached hydrogen (secondary N) is 1. The minimum absolute atomic E-state index is 0.00676. The molecule has 0 radical (unpaired) electrons. The summed E-state index contributed by atoms with van der Waals surface area (Å²) in [5.41, 5.74) is 1.33. The van der Waals surface area contributed by atoms with E-state index in [1.807, 2.05) is 13.0 Å². The molecule has 1 aliphatic rings. The molecule has 3 rings (SSSR count). The highest BCUT2D eigenvalue weighted by molar-refractivity contribution is 5.97. The second-order valence-corrected chi connectivity index (χ2v) is 6.92. The number of carbonyl (C=O) groups is 3. The number of hydrogen-bond acceptors (Lipinski definition) is 7. The Bertz CT molecular complexity index is 924. The third-order valence-electron chi connectivity index (χ3n) is 4.50. The zero-order chi connectivity index (χ0) is 22.1. The molecule has 2 aromatic carbocycles. The standard InChI is InChI=1S/C23H25NO7/c1-2-11-28-18-6-4-17(5-7-18)19(25)8-10-23(27)29-14-22(26)24-13-16-3-9-20-21(12-16)31-15-30-20/h3-7,9,12H,2,8,10-11,13-15H2,1H3,(H,24,26). The van der Waals surface area contributed by atoms with Gasteiger partial charge in [0.05, 0.1) is 13.0 Å². The molecule has 0 aliphatic carbocycles. The molecule has 8 heteroatoms. The lowest BCUT2D eigenvalue weighted by molar-refractivity contribution is -0.148. The third kappa shape index (κ3) is 6.74. The van der Waals surface area contributed by atoms with Gasteiger partial charge in [0.2, 0.25) is 6.79 Å². The molecule has 1 N–H and O–H groups in total. The lowest BCUT2D eigenvalue weighted by Crippen LogP contribution is -2.28. The molecule has 31 heavy (non-hydrogen) atoms. The molecule has 0 unspecified atom stereocenters. The van der Waals surface area contributed by atoms with E-state index in [0.717, 1.165) is 12.0 Å². The molecule has 1 amide bonds. The van der Waals surface area contributed by atoms with Crippen LogP contribution in [0.2, 0.25) is 0 Å². The van der Waals surface area contributed by atoms with E-state index >= 15 is 0 Å². The number of amides is 1. The maximum atomic E-state index is 12.2. The van der Waals surface area contributed by atoms with Crippen LogP contribution < -0.4 is 19.5 Å². The molecule has 2 aromatic rings. The Morgan fingerprint density at radius 3 is 2.55 bits per heavy atom. The summed E-state index contributed by atoms with van der Waals surface area (Å²) in [5.74, 6) is 0.788. The van der Waals surface area contributed by atoms with Gasteiger partial charge in [0, 0.05) is 18.5 Å². The Hall–Kier alpha value is -3.55. The lowest BCUT2D eigenvalue weighted by Gasteiger charge is -2.08. The predicted molar refractivity (Wildman–Crippen MR) is 111 cm³/mol. The fourth-order valence-electron chi connectivity index (χ4n) is 2.84. The van der Waals surface area contributed by atoms with Gasteiger partial charge in [0.15, 0.2) is 23.9 Å². The smallest absolute Gasteiger partial charge is 0.306 e. The lowest BCUT2D eigenvalue weighted by atomic mass is 10.1. The van der Waals surface area contributed by atoms with Crippen LogP contribution in [-0.4, -0.2) is 37.7 Å². The second kappa shape index (κ2) is 11.0. The van der Waals surface area contributed by atoms with Crippen LogP contribution in [0.1, 0.15) is 42.1 Å². The van der Waals surface area contributed by atoms with Crippen LogP contribution in [0, 0.1) is 0 Å². The van der Waals surface area contributed by atoms with Gasteiger partial charge in [-0.3, -0.25) is 14.4 Å². The second-order valence-electron chi connectivity index (χ2n) is 6.92. The number of benzene rings is 2. The normalized spacial score (nSPS) is 11.6. The summed E-state index contributed by atoms with van der Waals surface area (Å²) in [7, 11) is 0. The van der Waals surface area contributed by atoms with Crippen molar-refractivity contribution in [2.75, 3.05) is 20.0 Å². The number of ether oxygens (including phenoxy) is 4. The largest absolute Gasteiger partial charge is 0.494 e. The maximum Gasteiger partial charge on any atom is 0.306 e. The van der Waals surface area contributed by atoms with Gasteiger partial charge >= 0.3 is 5.97 Å². The van der Waals surface area contributed by atoms with E-state index in [9.17, 15) is 14.4 Å². The summed E-state index contributed by atoms with van der Waals surface area (Å²) in [4.78, 5) is 36.0. The molecule has 0 aromatic heterocycles. The van der Waals surface area contributed by atoms with Crippen LogP contribution in [0.4, 0.5) is 0 Å². The molecule has 164 valence electrons. The summed E-state index contributed by atoms with van der Waals surface area (Å²) in [5, 5.41) is 2.66. The highest BCUT2D eigenvalue weighted by Gasteiger charge is 2.14. The Morgan fingerprint density at radius 2 is 1.77 bits per heavy atom. The van der Waals surface area contributed by atoms with Crippen molar-refractivity contribution < 1.29 is 33.3 Å². The molecule has 0 saturated carbocycles. The van der Waals surface area contributed by atoms with Crippen LogP contribution in [0.5, 0.6) is 17.2 Å². The Kier molecular flexibility index (Phi) is 7.86. The van der Waals surface area contributed by atoms with Gasteiger partial charge in [0.25, 0.3) is 5.91 Å². The van der Waals surface area contributed by atoms with E-state index in [-0.39, 0.29) is 32.0 Å². The topological polar surface area (TPSA) is 100 Å². The van der Waals surface area contributed by atoms with Crippen LogP contribution in [0.15, 0.2) is 42.5 Å². The molecule has 0 atom stereocenters. The van der Waals surface area contributed by atoms with Crippen molar-refractivity contribution in [2.45, 2.75) is 32.7 Å².